The van der Waals surface area contributed by atoms with Gasteiger partial charge in [0.15, 0.2) is 0 Å². The van der Waals surface area contributed by atoms with E-state index in [0.717, 1.165) is 24.5 Å². The summed E-state index contributed by atoms with van der Waals surface area (Å²) in [6.07, 6.45) is 3.67. The van der Waals surface area contributed by atoms with E-state index in [-0.39, 0.29) is 12.4 Å². The lowest BCUT2D eigenvalue weighted by molar-refractivity contribution is 0.348. The van der Waals surface area contributed by atoms with Crippen molar-refractivity contribution in [1.29, 1.82) is 0 Å². The second-order valence-corrected chi connectivity index (χ2v) is 4.59. The molecule has 2 rings (SSSR count). The molecule has 1 N–H and O–H groups in total. The van der Waals surface area contributed by atoms with Crippen molar-refractivity contribution in [1.82, 2.24) is 5.32 Å². The van der Waals surface area contributed by atoms with Gasteiger partial charge in [-0.25, -0.2) is 0 Å². The zero-order chi connectivity index (χ0) is 12.3. The maximum atomic E-state index is 5.50. The number of rotatable bonds is 3. The fourth-order valence-electron chi connectivity index (χ4n) is 2.51. The summed E-state index contributed by atoms with van der Waals surface area (Å²) in [6.45, 7) is 3.13. The van der Waals surface area contributed by atoms with E-state index in [1.807, 2.05) is 0 Å². The van der Waals surface area contributed by atoms with Crippen molar-refractivity contribution >= 4 is 12.4 Å². The Morgan fingerprint density at radius 3 is 2.17 bits per heavy atom. The third kappa shape index (κ3) is 3.09. The predicted octanol–water partition coefficient (Wildman–Crippen LogP) is 3.25. The van der Waals surface area contributed by atoms with E-state index in [1.54, 1.807) is 14.2 Å². The van der Waals surface area contributed by atoms with Crippen LogP contribution in [-0.4, -0.2) is 20.8 Å². The number of hydrogen-bond donors (Lipinski definition) is 1. The standard InChI is InChI=1S/C14H21NO2.ClH/c1-10-8-12(16-2)14(13(9-10)17-3)11-6-4-5-7-15-11;/h8-9,11,15H,4-7H2,1-3H3;1H/t11-;/m0./s1. The van der Waals surface area contributed by atoms with Crippen molar-refractivity contribution in [2.75, 3.05) is 20.8 Å². The number of benzene rings is 1. The van der Waals surface area contributed by atoms with Crippen LogP contribution >= 0.6 is 12.4 Å². The summed E-state index contributed by atoms with van der Waals surface area (Å²) >= 11 is 0. The average molecular weight is 272 g/mol. The van der Waals surface area contributed by atoms with Crippen LogP contribution < -0.4 is 14.8 Å². The van der Waals surface area contributed by atoms with E-state index < -0.39 is 0 Å². The third-order valence-corrected chi connectivity index (χ3v) is 3.35. The molecule has 0 amide bonds. The Hall–Kier alpha value is -0.930. The Kier molecular flexibility index (Phi) is 5.76. The molecular weight excluding hydrogens is 250 g/mol. The predicted molar refractivity (Wildman–Crippen MR) is 76.1 cm³/mol. The first-order valence-electron chi connectivity index (χ1n) is 6.22. The van der Waals surface area contributed by atoms with E-state index >= 15 is 0 Å². The molecule has 0 unspecified atom stereocenters. The highest BCUT2D eigenvalue weighted by atomic mass is 35.5. The van der Waals surface area contributed by atoms with Gasteiger partial charge in [-0.3, -0.25) is 0 Å². The van der Waals surface area contributed by atoms with Gasteiger partial charge in [0.05, 0.1) is 19.8 Å². The quantitative estimate of drug-likeness (QED) is 0.915. The SMILES string of the molecule is COc1cc(C)cc(OC)c1[C@@H]1CCCCN1.Cl. The maximum Gasteiger partial charge on any atom is 0.127 e. The minimum Gasteiger partial charge on any atom is -0.496 e. The average Bonchev–Trinajstić information content (AvgIpc) is 2.38. The van der Waals surface area contributed by atoms with Crippen LogP contribution in [0.25, 0.3) is 0 Å². The number of hydrogen-bond acceptors (Lipinski definition) is 3. The molecule has 1 heterocycles. The minimum atomic E-state index is 0. The number of piperidine rings is 1. The summed E-state index contributed by atoms with van der Waals surface area (Å²) < 4.78 is 11.0. The lowest BCUT2D eigenvalue weighted by Gasteiger charge is -2.27. The fourth-order valence-corrected chi connectivity index (χ4v) is 2.51. The van der Waals surface area contributed by atoms with E-state index in [1.165, 1.54) is 24.0 Å². The molecule has 0 aliphatic carbocycles. The lowest BCUT2D eigenvalue weighted by Crippen LogP contribution is -2.27. The normalized spacial score (nSPS) is 18.9. The van der Waals surface area contributed by atoms with Crippen LogP contribution in [0.5, 0.6) is 11.5 Å². The summed E-state index contributed by atoms with van der Waals surface area (Å²) in [6, 6.07) is 4.51. The lowest BCUT2D eigenvalue weighted by atomic mass is 9.95. The first kappa shape index (κ1) is 15.1. The van der Waals surface area contributed by atoms with Crippen LogP contribution in [0.4, 0.5) is 0 Å². The topological polar surface area (TPSA) is 30.5 Å². The molecule has 1 aromatic carbocycles. The highest BCUT2D eigenvalue weighted by Gasteiger charge is 2.22. The van der Waals surface area contributed by atoms with E-state index in [0.29, 0.717) is 6.04 Å². The summed E-state index contributed by atoms with van der Waals surface area (Å²) in [5.74, 6) is 1.86. The van der Waals surface area contributed by atoms with Gasteiger partial charge in [0, 0.05) is 6.04 Å². The molecule has 1 atom stereocenters. The van der Waals surface area contributed by atoms with Gasteiger partial charge in [0.1, 0.15) is 11.5 Å². The molecule has 1 saturated heterocycles. The summed E-state index contributed by atoms with van der Waals surface area (Å²) in [4.78, 5) is 0. The number of aryl methyl sites for hydroxylation is 1. The summed E-state index contributed by atoms with van der Waals surface area (Å²) in [5.41, 5.74) is 2.33. The smallest absolute Gasteiger partial charge is 0.127 e. The van der Waals surface area contributed by atoms with Gasteiger partial charge in [0.25, 0.3) is 0 Å². The monoisotopic (exact) mass is 271 g/mol. The molecule has 102 valence electrons. The molecule has 1 aromatic rings. The molecule has 3 nitrogen and oxygen atoms in total. The number of ether oxygens (including phenoxy) is 2. The zero-order valence-electron chi connectivity index (χ0n) is 11.3. The van der Waals surface area contributed by atoms with E-state index in [4.69, 9.17) is 9.47 Å². The van der Waals surface area contributed by atoms with Crippen LogP contribution in [-0.2, 0) is 0 Å². The van der Waals surface area contributed by atoms with Gasteiger partial charge in [0.2, 0.25) is 0 Å². The second-order valence-electron chi connectivity index (χ2n) is 4.59. The van der Waals surface area contributed by atoms with Crippen LogP contribution in [0, 0.1) is 6.92 Å². The molecule has 4 heteroatoms. The Labute approximate surface area is 115 Å². The molecular formula is C14H22ClNO2. The Bertz CT molecular complexity index is 364. The van der Waals surface area contributed by atoms with Crippen molar-refractivity contribution in [2.24, 2.45) is 0 Å². The number of halogens is 1. The zero-order valence-corrected chi connectivity index (χ0v) is 12.1. The summed E-state index contributed by atoms with van der Waals surface area (Å²) in [5, 5.41) is 3.54. The Balaban J connectivity index is 0.00000162. The van der Waals surface area contributed by atoms with Crippen LogP contribution in [0.3, 0.4) is 0 Å². The second kappa shape index (κ2) is 6.86. The highest BCUT2D eigenvalue weighted by Crippen LogP contribution is 2.38. The van der Waals surface area contributed by atoms with Crippen molar-refractivity contribution in [3.63, 3.8) is 0 Å². The van der Waals surface area contributed by atoms with Crippen LogP contribution in [0.1, 0.15) is 36.4 Å². The largest absolute Gasteiger partial charge is 0.496 e. The number of methoxy groups -OCH3 is 2. The molecule has 1 aliphatic heterocycles. The number of nitrogens with one attached hydrogen (secondary N) is 1. The molecule has 1 aliphatic rings. The van der Waals surface area contributed by atoms with Gasteiger partial charge >= 0.3 is 0 Å². The van der Waals surface area contributed by atoms with Crippen LogP contribution in [0.15, 0.2) is 12.1 Å². The van der Waals surface area contributed by atoms with Gasteiger partial charge in [-0.2, -0.15) is 0 Å². The van der Waals surface area contributed by atoms with Crippen molar-refractivity contribution in [2.45, 2.75) is 32.2 Å². The molecule has 0 bridgehead atoms. The summed E-state index contributed by atoms with van der Waals surface area (Å²) in [7, 11) is 3.45. The molecule has 0 spiro atoms. The fraction of sp³-hybridized carbons (Fsp3) is 0.571. The molecule has 0 aromatic heterocycles. The Morgan fingerprint density at radius 1 is 1.11 bits per heavy atom. The first-order chi connectivity index (χ1) is 8.26. The van der Waals surface area contributed by atoms with Gasteiger partial charge in [-0.15, -0.1) is 12.4 Å². The van der Waals surface area contributed by atoms with Gasteiger partial charge in [-0.05, 0) is 44.0 Å². The highest BCUT2D eigenvalue weighted by molar-refractivity contribution is 5.85. The maximum absolute atomic E-state index is 5.50. The van der Waals surface area contributed by atoms with E-state index in [2.05, 4.69) is 24.4 Å². The van der Waals surface area contributed by atoms with Crippen molar-refractivity contribution in [3.05, 3.63) is 23.3 Å². The van der Waals surface area contributed by atoms with Crippen molar-refractivity contribution in [3.8, 4) is 11.5 Å². The Morgan fingerprint density at radius 2 is 1.72 bits per heavy atom. The minimum absolute atomic E-state index is 0. The van der Waals surface area contributed by atoms with E-state index in [9.17, 15) is 0 Å². The first-order valence-corrected chi connectivity index (χ1v) is 6.22. The molecule has 0 saturated carbocycles. The molecule has 0 radical (unpaired) electrons. The van der Waals surface area contributed by atoms with Crippen LogP contribution in [0.2, 0.25) is 0 Å². The third-order valence-electron chi connectivity index (χ3n) is 3.35. The molecule has 18 heavy (non-hydrogen) atoms. The van der Waals surface area contributed by atoms with Crippen molar-refractivity contribution < 1.29 is 9.47 Å². The van der Waals surface area contributed by atoms with Gasteiger partial charge in [-0.1, -0.05) is 6.42 Å². The molecule has 1 fully saturated rings. The van der Waals surface area contributed by atoms with Gasteiger partial charge < -0.3 is 14.8 Å².